The van der Waals surface area contributed by atoms with E-state index in [2.05, 4.69) is 29.2 Å². The summed E-state index contributed by atoms with van der Waals surface area (Å²) in [6.07, 6.45) is 2.03. The van der Waals surface area contributed by atoms with Gasteiger partial charge in [0.05, 0.1) is 6.10 Å². The van der Waals surface area contributed by atoms with Crippen molar-refractivity contribution in [1.29, 1.82) is 0 Å². The zero-order valence-electron chi connectivity index (χ0n) is 5.47. The van der Waals surface area contributed by atoms with Crippen LogP contribution in [0, 0.1) is 0 Å². The van der Waals surface area contributed by atoms with Gasteiger partial charge in [0, 0.05) is 0 Å². The topological polar surface area (TPSA) is 20.2 Å². The molecule has 9 heavy (non-hydrogen) atoms. The summed E-state index contributed by atoms with van der Waals surface area (Å²) in [6, 6.07) is 0. The second-order valence-corrected chi connectivity index (χ2v) is 2.52. The molecule has 0 fully saturated rings. The van der Waals surface area contributed by atoms with Crippen LogP contribution in [-0.4, -0.2) is 11.2 Å². The van der Waals surface area contributed by atoms with Gasteiger partial charge >= 0.3 is 0 Å². The van der Waals surface area contributed by atoms with Crippen molar-refractivity contribution in [3.63, 3.8) is 0 Å². The largest absolute Gasteiger partial charge is 0.388 e. The monoisotopic (exact) mass is 238 g/mol. The number of aliphatic hydroxyl groups is 1. The average Bonchev–Trinajstić information content (AvgIpc) is 1.87. The maximum absolute atomic E-state index is 9.17. The Kier molecular flexibility index (Phi) is 5.09. The number of halogens is 1. The first kappa shape index (κ1) is 9.17. The Labute approximate surface area is 69.6 Å². The van der Waals surface area contributed by atoms with E-state index in [1.807, 2.05) is 11.0 Å². The third-order valence-corrected chi connectivity index (χ3v) is 2.07. The predicted molar refractivity (Wildman–Crippen MR) is 48.6 cm³/mol. The Hall–Kier alpha value is 0.170. The molecule has 0 radical (unpaired) electrons. The molecule has 0 aliphatic carbocycles. The van der Waals surface area contributed by atoms with Crippen LogP contribution in [0.2, 0.25) is 0 Å². The molecule has 0 aliphatic rings. The summed E-state index contributed by atoms with van der Waals surface area (Å²) in [5.74, 6) is 0. The van der Waals surface area contributed by atoms with E-state index in [9.17, 15) is 5.11 Å². The fraction of sp³-hybridized carbons (Fsp3) is 0.429. The smallest absolute Gasteiger partial charge is 0.0789 e. The van der Waals surface area contributed by atoms with Crippen LogP contribution >= 0.6 is 22.6 Å². The fourth-order valence-electron chi connectivity index (χ4n) is 0.416. The molecule has 0 unspecified atom stereocenters. The van der Waals surface area contributed by atoms with Gasteiger partial charge < -0.3 is 5.11 Å². The summed E-state index contributed by atoms with van der Waals surface area (Å²) >= 11 is 2.11. The van der Waals surface area contributed by atoms with Crippen LogP contribution in [0.5, 0.6) is 0 Å². The highest BCUT2D eigenvalue weighted by atomic mass is 127. The van der Waals surface area contributed by atoms with Crippen LogP contribution in [0.3, 0.4) is 0 Å². The lowest BCUT2D eigenvalue weighted by molar-refractivity contribution is 0.215. The molecule has 0 spiro atoms. The van der Waals surface area contributed by atoms with Crippen molar-refractivity contribution in [2.75, 3.05) is 0 Å². The van der Waals surface area contributed by atoms with Crippen molar-refractivity contribution in [2.45, 2.75) is 19.4 Å². The number of aliphatic hydroxyl groups excluding tert-OH is 1. The van der Waals surface area contributed by atoms with E-state index in [1.54, 1.807) is 6.08 Å². The minimum Gasteiger partial charge on any atom is -0.388 e. The van der Waals surface area contributed by atoms with E-state index < -0.39 is 0 Å². The molecule has 0 aliphatic heterocycles. The van der Waals surface area contributed by atoms with Gasteiger partial charge in [-0.2, -0.15) is 0 Å². The SMILES string of the molecule is C=CC[C@H](O)/C(C)=C/I. The molecule has 0 aromatic rings. The third-order valence-electron chi connectivity index (χ3n) is 1.09. The lowest BCUT2D eigenvalue weighted by Crippen LogP contribution is -2.04. The molecule has 0 heterocycles. The van der Waals surface area contributed by atoms with Gasteiger partial charge in [-0.15, -0.1) is 6.58 Å². The van der Waals surface area contributed by atoms with Gasteiger partial charge in [0.15, 0.2) is 0 Å². The summed E-state index contributed by atoms with van der Waals surface area (Å²) in [6.45, 7) is 5.43. The standard InChI is InChI=1S/C7H11IO/c1-3-4-7(9)6(2)5-8/h3,5,7,9H,1,4H2,2H3/b6-5+/t7-/m0/s1. The van der Waals surface area contributed by atoms with Crippen molar-refractivity contribution in [2.24, 2.45) is 0 Å². The zero-order valence-corrected chi connectivity index (χ0v) is 7.63. The highest BCUT2D eigenvalue weighted by Crippen LogP contribution is 2.07. The molecule has 1 N–H and O–H groups in total. The Bertz CT molecular complexity index is 118. The highest BCUT2D eigenvalue weighted by Gasteiger charge is 2.00. The zero-order chi connectivity index (χ0) is 7.28. The molecule has 0 saturated heterocycles. The number of hydrogen-bond donors (Lipinski definition) is 1. The molecule has 0 rings (SSSR count). The van der Waals surface area contributed by atoms with Crippen molar-refractivity contribution >= 4 is 22.6 Å². The van der Waals surface area contributed by atoms with Gasteiger partial charge in [-0.3, -0.25) is 0 Å². The molecular weight excluding hydrogens is 227 g/mol. The minimum atomic E-state index is -0.334. The van der Waals surface area contributed by atoms with Gasteiger partial charge in [-0.1, -0.05) is 28.7 Å². The second-order valence-electron chi connectivity index (χ2n) is 1.89. The van der Waals surface area contributed by atoms with Crippen LogP contribution < -0.4 is 0 Å². The Balaban J connectivity index is 3.72. The molecule has 0 amide bonds. The molecule has 0 bridgehead atoms. The van der Waals surface area contributed by atoms with E-state index in [0.717, 1.165) is 5.57 Å². The first-order valence-electron chi connectivity index (χ1n) is 2.78. The van der Waals surface area contributed by atoms with Gasteiger partial charge in [-0.05, 0) is 23.0 Å². The third kappa shape index (κ3) is 3.70. The van der Waals surface area contributed by atoms with Crippen LogP contribution in [-0.2, 0) is 0 Å². The van der Waals surface area contributed by atoms with Crippen molar-refractivity contribution in [3.05, 3.63) is 22.3 Å². The van der Waals surface area contributed by atoms with Crippen molar-refractivity contribution in [3.8, 4) is 0 Å². The van der Waals surface area contributed by atoms with E-state index in [4.69, 9.17) is 0 Å². The lowest BCUT2D eigenvalue weighted by atomic mass is 10.1. The van der Waals surface area contributed by atoms with Crippen LogP contribution in [0.25, 0.3) is 0 Å². The van der Waals surface area contributed by atoms with Gasteiger partial charge in [0.2, 0.25) is 0 Å². The van der Waals surface area contributed by atoms with E-state index in [0.29, 0.717) is 6.42 Å². The molecule has 0 saturated carbocycles. The summed E-state index contributed by atoms with van der Waals surface area (Å²) in [5, 5.41) is 9.17. The second kappa shape index (κ2) is 4.99. The van der Waals surface area contributed by atoms with Gasteiger partial charge in [0.1, 0.15) is 0 Å². The average molecular weight is 238 g/mol. The van der Waals surface area contributed by atoms with Gasteiger partial charge in [-0.25, -0.2) is 0 Å². The first-order chi connectivity index (χ1) is 4.22. The van der Waals surface area contributed by atoms with E-state index >= 15 is 0 Å². The summed E-state index contributed by atoms with van der Waals surface area (Å²) in [7, 11) is 0. The fourth-order valence-corrected chi connectivity index (χ4v) is 0.832. The molecule has 0 aromatic carbocycles. The molecule has 0 aromatic heterocycles. The maximum Gasteiger partial charge on any atom is 0.0789 e. The molecule has 1 atom stereocenters. The number of rotatable bonds is 3. The maximum atomic E-state index is 9.17. The normalized spacial score (nSPS) is 15.2. The Morgan fingerprint density at radius 3 is 2.78 bits per heavy atom. The number of hydrogen-bond acceptors (Lipinski definition) is 1. The quantitative estimate of drug-likeness (QED) is 0.590. The van der Waals surface area contributed by atoms with Crippen molar-refractivity contribution in [1.82, 2.24) is 0 Å². The predicted octanol–water partition coefficient (Wildman–Crippen LogP) is 2.26. The van der Waals surface area contributed by atoms with Crippen LogP contribution in [0.4, 0.5) is 0 Å². The highest BCUT2D eigenvalue weighted by molar-refractivity contribution is 14.1. The molecule has 2 heteroatoms. The lowest BCUT2D eigenvalue weighted by Gasteiger charge is -2.05. The minimum absolute atomic E-state index is 0.334. The summed E-state index contributed by atoms with van der Waals surface area (Å²) < 4.78 is 1.88. The van der Waals surface area contributed by atoms with Gasteiger partial charge in [0.25, 0.3) is 0 Å². The summed E-state index contributed by atoms with van der Waals surface area (Å²) in [5.41, 5.74) is 0.996. The Morgan fingerprint density at radius 1 is 1.89 bits per heavy atom. The molecule has 52 valence electrons. The Morgan fingerprint density at radius 2 is 2.44 bits per heavy atom. The molecular formula is C7H11IO. The van der Waals surface area contributed by atoms with Crippen molar-refractivity contribution < 1.29 is 5.11 Å². The van der Waals surface area contributed by atoms with E-state index in [-0.39, 0.29) is 6.10 Å². The van der Waals surface area contributed by atoms with Crippen LogP contribution in [0.1, 0.15) is 13.3 Å². The molecule has 1 nitrogen and oxygen atoms in total. The van der Waals surface area contributed by atoms with Crippen LogP contribution in [0.15, 0.2) is 22.3 Å². The van der Waals surface area contributed by atoms with E-state index in [1.165, 1.54) is 0 Å². The summed E-state index contributed by atoms with van der Waals surface area (Å²) in [4.78, 5) is 0. The first-order valence-corrected chi connectivity index (χ1v) is 4.02.